The Kier molecular flexibility index (Phi) is 4.42. The number of carbonyl (C=O) groups is 1. The molecule has 3 N–H and O–H groups in total. The average molecular weight is 254 g/mol. The van der Waals surface area contributed by atoms with Crippen molar-refractivity contribution in [1.82, 2.24) is 0 Å². The van der Waals surface area contributed by atoms with Crippen molar-refractivity contribution in [2.45, 2.75) is 4.90 Å². The Hall–Kier alpha value is -1.66. The van der Waals surface area contributed by atoms with Crippen LogP contribution in [-0.2, 0) is 14.6 Å². The van der Waals surface area contributed by atoms with Crippen molar-refractivity contribution in [3.8, 4) is 0 Å². The number of rotatable bonds is 4. The number of carbonyl (C=O) groups excluding carboxylic acids is 1. The lowest BCUT2D eigenvalue weighted by Gasteiger charge is -2.04. The molecular formula is C11H14N2O3S. The molecule has 0 aliphatic rings. The van der Waals surface area contributed by atoms with Gasteiger partial charge in [-0.2, -0.15) is 0 Å². The summed E-state index contributed by atoms with van der Waals surface area (Å²) < 4.78 is 22.6. The molecule has 0 spiro atoms. The van der Waals surface area contributed by atoms with Gasteiger partial charge in [0, 0.05) is 24.6 Å². The number of hydrogen-bond acceptors (Lipinski definition) is 4. The zero-order valence-corrected chi connectivity index (χ0v) is 10.2. The monoisotopic (exact) mass is 254 g/mol. The van der Waals surface area contributed by atoms with Crippen molar-refractivity contribution in [2.75, 3.05) is 18.1 Å². The third-order valence-electron chi connectivity index (χ3n) is 1.94. The van der Waals surface area contributed by atoms with Crippen LogP contribution >= 0.6 is 0 Å². The van der Waals surface area contributed by atoms with E-state index in [1.807, 2.05) is 0 Å². The molecule has 0 unspecified atom stereocenters. The van der Waals surface area contributed by atoms with Crippen molar-refractivity contribution >= 4 is 21.4 Å². The number of nitrogens with one attached hydrogen (secondary N) is 1. The van der Waals surface area contributed by atoms with Crippen molar-refractivity contribution in [2.24, 2.45) is 5.73 Å². The number of amides is 1. The number of hydrogen-bond donors (Lipinski definition) is 2. The van der Waals surface area contributed by atoms with E-state index in [4.69, 9.17) is 5.73 Å². The second kappa shape index (κ2) is 5.60. The fourth-order valence-corrected chi connectivity index (χ4v) is 1.83. The smallest absolute Gasteiger partial charge is 0.248 e. The van der Waals surface area contributed by atoms with Gasteiger partial charge in [-0.25, -0.2) is 8.42 Å². The van der Waals surface area contributed by atoms with Gasteiger partial charge in [0.25, 0.3) is 0 Å². The van der Waals surface area contributed by atoms with Gasteiger partial charge in [0.2, 0.25) is 5.91 Å². The Bertz CT molecular complexity index is 535. The van der Waals surface area contributed by atoms with Crippen LogP contribution in [0.1, 0.15) is 0 Å². The first-order chi connectivity index (χ1) is 7.93. The van der Waals surface area contributed by atoms with E-state index in [-0.39, 0.29) is 17.3 Å². The Morgan fingerprint density at radius 1 is 1.47 bits per heavy atom. The maximum Gasteiger partial charge on any atom is 0.248 e. The summed E-state index contributed by atoms with van der Waals surface area (Å²) in [6.45, 7) is 0.275. The zero-order valence-electron chi connectivity index (χ0n) is 9.38. The predicted molar refractivity (Wildman–Crippen MR) is 66.4 cm³/mol. The van der Waals surface area contributed by atoms with Crippen molar-refractivity contribution in [3.63, 3.8) is 0 Å². The van der Waals surface area contributed by atoms with Gasteiger partial charge in [-0.3, -0.25) is 4.79 Å². The Morgan fingerprint density at radius 3 is 2.76 bits per heavy atom. The van der Waals surface area contributed by atoms with Gasteiger partial charge >= 0.3 is 0 Å². The fraction of sp³-hybridized carbons (Fsp3) is 0.182. The normalized spacial score (nSPS) is 11.6. The summed E-state index contributed by atoms with van der Waals surface area (Å²) in [5.74, 6) is -0.346. The topological polar surface area (TPSA) is 89.3 Å². The number of nitrogens with two attached hydrogens (primary N) is 1. The van der Waals surface area contributed by atoms with Crippen LogP contribution in [-0.4, -0.2) is 27.1 Å². The number of benzene rings is 1. The first kappa shape index (κ1) is 13.4. The first-order valence-electron chi connectivity index (χ1n) is 4.91. The maximum atomic E-state index is 11.3. The minimum Gasteiger partial charge on any atom is -0.327 e. The fourth-order valence-electron chi connectivity index (χ4n) is 1.16. The number of sulfone groups is 1. The molecule has 1 amide bonds. The minimum atomic E-state index is -3.27. The van der Waals surface area contributed by atoms with Gasteiger partial charge in [-0.05, 0) is 18.2 Å². The quantitative estimate of drug-likeness (QED) is 0.768. The van der Waals surface area contributed by atoms with E-state index in [1.165, 1.54) is 24.3 Å². The minimum absolute atomic E-state index is 0.165. The molecule has 0 bridgehead atoms. The van der Waals surface area contributed by atoms with Gasteiger partial charge in [0.15, 0.2) is 9.84 Å². The molecule has 1 aromatic rings. The largest absolute Gasteiger partial charge is 0.327 e. The lowest BCUT2D eigenvalue weighted by molar-refractivity contribution is -0.111. The summed E-state index contributed by atoms with van der Waals surface area (Å²) in [6, 6.07) is 6.06. The molecule has 0 aromatic heterocycles. The second-order valence-corrected chi connectivity index (χ2v) is 5.44. The first-order valence-corrected chi connectivity index (χ1v) is 6.80. The number of anilines is 1. The SMILES string of the molecule is CS(=O)(=O)c1cccc(NC(=O)/C=C/CN)c1. The molecule has 1 aromatic carbocycles. The molecule has 17 heavy (non-hydrogen) atoms. The summed E-state index contributed by atoms with van der Waals surface area (Å²) >= 11 is 0. The molecule has 0 atom stereocenters. The van der Waals surface area contributed by atoms with Crippen molar-refractivity contribution < 1.29 is 13.2 Å². The molecule has 0 heterocycles. The summed E-state index contributed by atoms with van der Waals surface area (Å²) in [5.41, 5.74) is 5.64. The van der Waals surface area contributed by atoms with Crippen LogP contribution in [0.5, 0.6) is 0 Å². The molecule has 6 heteroatoms. The van der Waals surface area contributed by atoms with Crippen molar-refractivity contribution in [1.29, 1.82) is 0 Å². The van der Waals surface area contributed by atoms with Crippen molar-refractivity contribution in [3.05, 3.63) is 36.4 Å². The summed E-state index contributed by atoms with van der Waals surface area (Å²) in [6.07, 6.45) is 3.92. The van der Waals surface area contributed by atoms with Gasteiger partial charge < -0.3 is 11.1 Å². The van der Waals surface area contributed by atoms with E-state index in [0.29, 0.717) is 5.69 Å². The summed E-state index contributed by atoms with van der Waals surface area (Å²) in [7, 11) is -3.27. The van der Waals surface area contributed by atoms with E-state index in [0.717, 1.165) is 6.26 Å². The van der Waals surface area contributed by atoms with Crippen LogP contribution in [0.25, 0.3) is 0 Å². The second-order valence-electron chi connectivity index (χ2n) is 3.43. The average Bonchev–Trinajstić information content (AvgIpc) is 2.25. The van der Waals surface area contributed by atoms with Gasteiger partial charge in [-0.1, -0.05) is 12.1 Å². The molecule has 0 fully saturated rings. The standard InChI is InChI=1S/C11H14N2O3S/c1-17(15,16)10-5-2-4-9(8-10)13-11(14)6-3-7-12/h2-6,8H,7,12H2,1H3,(H,13,14)/b6-3+. The third-order valence-corrected chi connectivity index (χ3v) is 3.05. The Labute approximate surface area is 100 Å². The van der Waals surface area contributed by atoms with Crippen LogP contribution in [0.2, 0.25) is 0 Å². The van der Waals surface area contributed by atoms with Gasteiger partial charge in [-0.15, -0.1) is 0 Å². The predicted octanol–water partition coefficient (Wildman–Crippen LogP) is 0.544. The molecule has 0 aliphatic carbocycles. The lowest BCUT2D eigenvalue weighted by atomic mass is 10.3. The molecule has 0 aliphatic heterocycles. The third kappa shape index (κ3) is 4.38. The Morgan fingerprint density at radius 2 is 2.18 bits per heavy atom. The Balaban J connectivity index is 2.87. The van der Waals surface area contributed by atoms with Crippen LogP contribution in [0.15, 0.2) is 41.3 Å². The summed E-state index contributed by atoms with van der Waals surface area (Å²) in [4.78, 5) is 11.5. The van der Waals surface area contributed by atoms with E-state index in [2.05, 4.69) is 5.32 Å². The molecule has 92 valence electrons. The van der Waals surface area contributed by atoms with E-state index in [1.54, 1.807) is 12.1 Å². The highest BCUT2D eigenvalue weighted by molar-refractivity contribution is 7.90. The highest BCUT2D eigenvalue weighted by Gasteiger charge is 2.07. The molecule has 0 saturated heterocycles. The van der Waals surface area contributed by atoms with Gasteiger partial charge in [0.05, 0.1) is 4.90 Å². The van der Waals surface area contributed by atoms with E-state index in [9.17, 15) is 13.2 Å². The highest BCUT2D eigenvalue weighted by Crippen LogP contribution is 2.15. The van der Waals surface area contributed by atoms with E-state index < -0.39 is 9.84 Å². The zero-order chi connectivity index (χ0) is 12.9. The van der Waals surface area contributed by atoms with Gasteiger partial charge in [0.1, 0.15) is 0 Å². The van der Waals surface area contributed by atoms with Crippen LogP contribution in [0.3, 0.4) is 0 Å². The lowest BCUT2D eigenvalue weighted by Crippen LogP contribution is -2.09. The molecule has 1 rings (SSSR count). The molecule has 0 saturated carbocycles. The highest BCUT2D eigenvalue weighted by atomic mass is 32.2. The van der Waals surface area contributed by atoms with Crippen LogP contribution < -0.4 is 11.1 Å². The molecule has 5 nitrogen and oxygen atoms in total. The molecular weight excluding hydrogens is 240 g/mol. The van der Waals surface area contributed by atoms with Crippen LogP contribution in [0, 0.1) is 0 Å². The summed E-state index contributed by atoms with van der Waals surface area (Å²) in [5, 5.41) is 2.54. The maximum absolute atomic E-state index is 11.3. The van der Waals surface area contributed by atoms with E-state index >= 15 is 0 Å². The van der Waals surface area contributed by atoms with Crippen LogP contribution in [0.4, 0.5) is 5.69 Å². The molecule has 0 radical (unpaired) electrons.